The van der Waals surface area contributed by atoms with Crippen molar-refractivity contribution in [1.82, 2.24) is 4.57 Å². The highest BCUT2D eigenvalue weighted by Gasteiger charge is 2.31. The van der Waals surface area contributed by atoms with Gasteiger partial charge in [-0.3, -0.25) is 4.79 Å². The van der Waals surface area contributed by atoms with Gasteiger partial charge in [-0.25, -0.2) is 13.6 Å². The van der Waals surface area contributed by atoms with Crippen molar-refractivity contribution in [3.05, 3.63) is 75.6 Å². The smallest absolute Gasteiger partial charge is 0.477 e. The van der Waals surface area contributed by atoms with Crippen molar-refractivity contribution in [3.8, 4) is 28.1 Å². The van der Waals surface area contributed by atoms with Crippen LogP contribution in [0.15, 0.2) is 47.3 Å². The van der Waals surface area contributed by atoms with Crippen LogP contribution in [-0.4, -0.2) is 22.0 Å². The summed E-state index contributed by atoms with van der Waals surface area (Å²) < 4.78 is 70.3. The van der Waals surface area contributed by atoms with Gasteiger partial charge < -0.3 is 14.4 Å². The van der Waals surface area contributed by atoms with Crippen LogP contribution < -0.4 is 10.2 Å². The Balaban J connectivity index is 2.30. The van der Waals surface area contributed by atoms with E-state index in [4.69, 9.17) is 0 Å². The fourth-order valence-corrected chi connectivity index (χ4v) is 3.55. The number of alkyl halides is 3. The van der Waals surface area contributed by atoms with Crippen LogP contribution in [0.25, 0.3) is 22.4 Å². The van der Waals surface area contributed by atoms with Crippen LogP contribution in [0.4, 0.5) is 22.0 Å². The predicted molar refractivity (Wildman–Crippen MR) is 106 cm³/mol. The molecule has 168 valence electrons. The van der Waals surface area contributed by atoms with Crippen LogP contribution in [0.3, 0.4) is 0 Å². The number of benzene rings is 2. The van der Waals surface area contributed by atoms with Crippen molar-refractivity contribution in [1.29, 1.82) is 0 Å². The Morgan fingerprint density at radius 3 is 2.22 bits per heavy atom. The summed E-state index contributed by atoms with van der Waals surface area (Å²) in [4.78, 5) is 25.2. The summed E-state index contributed by atoms with van der Waals surface area (Å²) in [6.07, 6.45) is -4.90. The number of halogens is 5. The summed E-state index contributed by atoms with van der Waals surface area (Å²) in [6.45, 7) is 3.26. The maximum absolute atomic E-state index is 14.5. The Hall–Kier alpha value is -3.69. The number of pyridine rings is 1. The van der Waals surface area contributed by atoms with Crippen LogP contribution in [0.5, 0.6) is 5.75 Å². The SMILES string of the molecule is CCn1c(C)c(-c2ccc(OC(F)(F)F)cc2)c(=O)c(C(=O)O)c1-c1ccc(F)cc1F. The van der Waals surface area contributed by atoms with E-state index < -0.39 is 40.7 Å². The lowest BCUT2D eigenvalue weighted by Crippen LogP contribution is -2.25. The van der Waals surface area contributed by atoms with Crippen molar-refractivity contribution in [2.75, 3.05) is 0 Å². The molecule has 0 unspecified atom stereocenters. The maximum Gasteiger partial charge on any atom is 0.573 e. The van der Waals surface area contributed by atoms with E-state index in [1.165, 1.54) is 23.6 Å². The molecule has 1 N–H and O–H groups in total. The molecular weight excluding hydrogens is 437 g/mol. The van der Waals surface area contributed by atoms with Crippen molar-refractivity contribution in [2.45, 2.75) is 26.8 Å². The van der Waals surface area contributed by atoms with Crippen LogP contribution in [0.2, 0.25) is 0 Å². The standard InChI is InChI=1S/C22H16F5NO4/c1-3-28-11(2)17(12-4-7-14(8-5-12)32-22(25,26)27)20(29)18(21(30)31)19(28)15-9-6-13(23)10-16(15)24/h4-10H,3H2,1-2H3,(H,30,31). The Bertz CT molecular complexity index is 1250. The summed E-state index contributed by atoms with van der Waals surface area (Å²) in [7, 11) is 0. The van der Waals surface area contributed by atoms with Gasteiger partial charge >= 0.3 is 12.3 Å². The molecule has 32 heavy (non-hydrogen) atoms. The molecule has 0 radical (unpaired) electrons. The second kappa shape index (κ2) is 8.45. The molecule has 0 spiro atoms. The van der Waals surface area contributed by atoms with Gasteiger partial charge in [0.2, 0.25) is 5.43 Å². The number of carboxylic acids is 1. The molecule has 2 aromatic carbocycles. The zero-order chi connectivity index (χ0) is 23.8. The number of carbonyl (C=O) groups is 1. The van der Waals surface area contributed by atoms with E-state index in [-0.39, 0.29) is 34.6 Å². The molecular formula is C22H16F5NO4. The number of aromatic nitrogens is 1. The van der Waals surface area contributed by atoms with E-state index in [1.54, 1.807) is 6.92 Å². The minimum Gasteiger partial charge on any atom is -0.477 e. The lowest BCUT2D eigenvalue weighted by atomic mass is 9.96. The number of hydrogen-bond acceptors (Lipinski definition) is 3. The van der Waals surface area contributed by atoms with Crippen LogP contribution in [0.1, 0.15) is 23.0 Å². The van der Waals surface area contributed by atoms with Crippen molar-refractivity contribution >= 4 is 5.97 Å². The van der Waals surface area contributed by atoms with Crippen LogP contribution in [-0.2, 0) is 6.54 Å². The summed E-state index contributed by atoms with van der Waals surface area (Å²) in [5.41, 5.74) is -1.87. The molecule has 10 heteroatoms. The Morgan fingerprint density at radius 1 is 1.09 bits per heavy atom. The monoisotopic (exact) mass is 453 g/mol. The van der Waals surface area contributed by atoms with E-state index in [9.17, 15) is 36.6 Å². The van der Waals surface area contributed by atoms with Gasteiger partial charge in [-0.05, 0) is 43.7 Å². The fourth-order valence-electron chi connectivity index (χ4n) is 3.55. The topological polar surface area (TPSA) is 68.5 Å². The first-order valence-electron chi connectivity index (χ1n) is 9.26. The summed E-state index contributed by atoms with van der Waals surface area (Å²) in [5.74, 6) is -4.06. The summed E-state index contributed by atoms with van der Waals surface area (Å²) in [6, 6.07) is 6.92. The van der Waals surface area contributed by atoms with E-state index >= 15 is 0 Å². The molecule has 0 fully saturated rings. The number of carboxylic acid groups (broad SMARTS) is 1. The molecule has 1 aromatic heterocycles. The van der Waals surface area contributed by atoms with Gasteiger partial charge in [0.05, 0.1) is 5.69 Å². The lowest BCUT2D eigenvalue weighted by Gasteiger charge is -2.21. The molecule has 1 heterocycles. The van der Waals surface area contributed by atoms with Crippen LogP contribution in [0, 0.1) is 18.6 Å². The van der Waals surface area contributed by atoms with E-state index in [2.05, 4.69) is 4.74 Å². The number of aromatic carboxylic acids is 1. The van der Waals surface area contributed by atoms with Gasteiger partial charge in [0.1, 0.15) is 22.9 Å². The average molecular weight is 453 g/mol. The minimum absolute atomic E-state index is 0.0749. The molecule has 0 aliphatic heterocycles. The number of ether oxygens (including phenoxy) is 1. The summed E-state index contributed by atoms with van der Waals surface area (Å²) >= 11 is 0. The van der Waals surface area contributed by atoms with E-state index in [1.807, 2.05) is 0 Å². The second-order valence-corrected chi connectivity index (χ2v) is 6.76. The molecule has 0 amide bonds. The molecule has 0 saturated heterocycles. The first-order valence-corrected chi connectivity index (χ1v) is 9.26. The maximum atomic E-state index is 14.5. The molecule has 5 nitrogen and oxygen atoms in total. The zero-order valence-corrected chi connectivity index (χ0v) is 16.8. The highest BCUT2D eigenvalue weighted by Crippen LogP contribution is 2.32. The average Bonchev–Trinajstić information content (AvgIpc) is 2.67. The Kier molecular flexibility index (Phi) is 6.07. The zero-order valence-electron chi connectivity index (χ0n) is 16.8. The molecule has 0 saturated carbocycles. The normalized spacial score (nSPS) is 11.5. The molecule has 0 atom stereocenters. The highest BCUT2D eigenvalue weighted by atomic mass is 19.4. The third-order valence-corrected chi connectivity index (χ3v) is 4.82. The largest absolute Gasteiger partial charge is 0.573 e. The number of hydrogen-bond donors (Lipinski definition) is 1. The summed E-state index contributed by atoms with van der Waals surface area (Å²) in [5, 5.41) is 9.75. The van der Waals surface area contributed by atoms with Gasteiger partial charge in [-0.15, -0.1) is 13.2 Å². The van der Waals surface area contributed by atoms with Gasteiger partial charge in [0, 0.05) is 29.4 Å². The second-order valence-electron chi connectivity index (χ2n) is 6.76. The number of rotatable bonds is 5. The lowest BCUT2D eigenvalue weighted by molar-refractivity contribution is -0.274. The first-order chi connectivity index (χ1) is 14.9. The molecule has 0 bridgehead atoms. The third-order valence-electron chi connectivity index (χ3n) is 4.82. The van der Waals surface area contributed by atoms with Crippen molar-refractivity contribution in [3.63, 3.8) is 0 Å². The van der Waals surface area contributed by atoms with Crippen molar-refractivity contribution < 1.29 is 36.6 Å². The van der Waals surface area contributed by atoms with E-state index in [0.717, 1.165) is 24.3 Å². The molecule has 3 rings (SSSR count). The Labute approximate surface area is 178 Å². The highest BCUT2D eigenvalue weighted by molar-refractivity contribution is 5.97. The third kappa shape index (κ3) is 4.34. The first kappa shape index (κ1) is 23.0. The van der Waals surface area contributed by atoms with Crippen molar-refractivity contribution in [2.24, 2.45) is 0 Å². The van der Waals surface area contributed by atoms with Gasteiger partial charge in [-0.2, -0.15) is 0 Å². The van der Waals surface area contributed by atoms with Gasteiger partial charge in [-0.1, -0.05) is 12.1 Å². The van der Waals surface area contributed by atoms with E-state index in [0.29, 0.717) is 6.07 Å². The minimum atomic E-state index is -4.90. The number of nitrogens with zero attached hydrogens (tertiary/aromatic N) is 1. The Morgan fingerprint density at radius 2 is 1.72 bits per heavy atom. The fraction of sp³-hybridized carbons (Fsp3) is 0.182. The predicted octanol–water partition coefficient (Wildman–Crippen LogP) is 5.39. The molecule has 0 aliphatic rings. The van der Waals surface area contributed by atoms with Gasteiger partial charge in [0.15, 0.2) is 0 Å². The van der Waals surface area contributed by atoms with Gasteiger partial charge in [0.25, 0.3) is 0 Å². The molecule has 3 aromatic rings. The quantitative estimate of drug-likeness (QED) is 0.527. The van der Waals surface area contributed by atoms with Crippen LogP contribution >= 0.6 is 0 Å². The molecule has 0 aliphatic carbocycles.